The molecule has 6 nitrogen and oxygen atoms in total. The Hall–Kier alpha value is -1.39. The molecule has 0 spiro atoms. The molecule has 1 aliphatic heterocycles. The Bertz CT molecular complexity index is 773. The van der Waals surface area contributed by atoms with E-state index >= 15 is 0 Å². The van der Waals surface area contributed by atoms with E-state index in [2.05, 4.69) is 42.6 Å². The zero-order chi connectivity index (χ0) is 19.2. The highest BCUT2D eigenvalue weighted by Gasteiger charge is 2.22. The van der Waals surface area contributed by atoms with Crippen molar-refractivity contribution in [2.24, 2.45) is 10.9 Å². The predicted molar refractivity (Wildman–Crippen MR) is 129 cm³/mol. The molecule has 1 saturated carbocycles. The Morgan fingerprint density at radius 2 is 2.10 bits per heavy atom. The minimum absolute atomic E-state index is 0. The van der Waals surface area contributed by atoms with Crippen molar-refractivity contribution in [3.05, 3.63) is 46.3 Å². The molecule has 3 heterocycles. The van der Waals surface area contributed by atoms with Crippen LogP contribution in [0.2, 0.25) is 0 Å². The van der Waals surface area contributed by atoms with Gasteiger partial charge < -0.3 is 15.0 Å². The fraction of sp³-hybridized carbons (Fsp3) is 0.524. The second-order valence-corrected chi connectivity index (χ2v) is 8.53. The largest absolute Gasteiger partial charge is 0.477 e. The third-order valence-electron chi connectivity index (χ3n) is 5.26. The fourth-order valence-electron chi connectivity index (χ4n) is 3.38. The first-order valence-corrected chi connectivity index (χ1v) is 11.0. The van der Waals surface area contributed by atoms with Crippen molar-refractivity contribution in [1.29, 1.82) is 0 Å². The van der Waals surface area contributed by atoms with Crippen molar-refractivity contribution in [3.8, 4) is 5.88 Å². The van der Waals surface area contributed by atoms with Gasteiger partial charge in [-0.3, -0.25) is 9.89 Å². The summed E-state index contributed by atoms with van der Waals surface area (Å²) >= 11 is 1.84. The number of ether oxygens (including phenoxy) is 1. The van der Waals surface area contributed by atoms with Crippen molar-refractivity contribution >= 4 is 41.3 Å². The molecule has 0 aromatic carbocycles. The van der Waals surface area contributed by atoms with E-state index in [4.69, 9.17) is 4.74 Å². The molecular weight excluding hydrogens is 497 g/mol. The Labute approximate surface area is 194 Å². The first kappa shape index (κ1) is 22.3. The normalized spacial score (nSPS) is 17.7. The van der Waals surface area contributed by atoms with Crippen LogP contribution in [-0.2, 0) is 13.1 Å². The van der Waals surface area contributed by atoms with Crippen molar-refractivity contribution in [1.82, 2.24) is 20.1 Å². The van der Waals surface area contributed by atoms with Gasteiger partial charge in [-0.2, -0.15) is 0 Å². The molecule has 2 aliphatic rings. The quantitative estimate of drug-likeness (QED) is 0.340. The molecule has 2 aromatic heterocycles. The number of guanidine groups is 1. The molecule has 0 amide bonds. The topological polar surface area (TPSA) is 53.0 Å². The van der Waals surface area contributed by atoms with E-state index < -0.39 is 0 Å². The van der Waals surface area contributed by atoms with Crippen LogP contribution in [0.5, 0.6) is 5.88 Å². The number of hydrogen-bond acceptors (Lipinski definition) is 5. The van der Waals surface area contributed by atoms with Crippen molar-refractivity contribution < 1.29 is 4.74 Å². The van der Waals surface area contributed by atoms with Gasteiger partial charge in [0.2, 0.25) is 5.88 Å². The van der Waals surface area contributed by atoms with Gasteiger partial charge in [-0.05, 0) is 41.8 Å². The zero-order valence-electron chi connectivity index (χ0n) is 16.9. The van der Waals surface area contributed by atoms with Gasteiger partial charge in [0.15, 0.2) is 5.96 Å². The van der Waals surface area contributed by atoms with E-state index in [9.17, 15) is 0 Å². The van der Waals surface area contributed by atoms with Gasteiger partial charge in [0.25, 0.3) is 0 Å². The lowest BCUT2D eigenvalue weighted by atomic mass is 10.2. The van der Waals surface area contributed by atoms with Gasteiger partial charge in [-0.1, -0.05) is 6.07 Å². The van der Waals surface area contributed by atoms with Crippen LogP contribution in [0.15, 0.2) is 40.8 Å². The molecule has 0 radical (unpaired) electrons. The highest BCUT2D eigenvalue weighted by molar-refractivity contribution is 14.0. The van der Waals surface area contributed by atoms with Crippen LogP contribution in [0, 0.1) is 5.92 Å². The van der Waals surface area contributed by atoms with Gasteiger partial charge in [-0.15, -0.1) is 35.3 Å². The van der Waals surface area contributed by atoms with Gasteiger partial charge in [0, 0.05) is 63.5 Å². The second-order valence-electron chi connectivity index (χ2n) is 7.50. The maximum Gasteiger partial charge on any atom is 0.213 e. The molecule has 1 aliphatic carbocycles. The highest BCUT2D eigenvalue weighted by Crippen LogP contribution is 2.29. The first-order chi connectivity index (χ1) is 13.8. The number of rotatable bonds is 7. The number of piperazine rings is 1. The molecular formula is C21H30IN5OS. The van der Waals surface area contributed by atoms with Crippen LogP contribution >= 0.6 is 35.3 Å². The van der Waals surface area contributed by atoms with Crippen molar-refractivity contribution in [3.63, 3.8) is 0 Å². The summed E-state index contributed by atoms with van der Waals surface area (Å²) in [5.41, 5.74) is 1.17. The first-order valence-electron chi connectivity index (χ1n) is 10.1. The van der Waals surface area contributed by atoms with Gasteiger partial charge in [0.1, 0.15) is 0 Å². The van der Waals surface area contributed by atoms with Crippen LogP contribution in [-0.4, -0.2) is 60.6 Å². The van der Waals surface area contributed by atoms with E-state index in [-0.39, 0.29) is 24.0 Å². The van der Waals surface area contributed by atoms with Gasteiger partial charge in [0.05, 0.1) is 6.61 Å². The molecule has 0 atom stereocenters. The standard InChI is InChI=1S/C21H29N5OS.HI/c1-22-21(26-10-8-25(9-11-26)15-19-3-2-12-28-19)24-14-18-6-7-23-20(13-18)27-16-17-4-5-17;/h2-3,6-7,12-13,17H,4-5,8-11,14-16H2,1H3,(H,22,24);1H. The number of nitrogens with one attached hydrogen (secondary N) is 1. The third kappa shape index (κ3) is 6.82. The van der Waals surface area contributed by atoms with Crippen molar-refractivity contribution in [2.75, 3.05) is 39.8 Å². The summed E-state index contributed by atoms with van der Waals surface area (Å²) in [7, 11) is 1.86. The number of nitrogens with zero attached hydrogens (tertiary/aromatic N) is 4. The molecule has 0 unspecified atom stereocenters. The second kappa shape index (κ2) is 11.1. The van der Waals surface area contributed by atoms with Gasteiger partial charge >= 0.3 is 0 Å². The monoisotopic (exact) mass is 527 g/mol. The molecule has 0 bridgehead atoms. The fourth-order valence-corrected chi connectivity index (χ4v) is 4.13. The van der Waals surface area contributed by atoms with Crippen LogP contribution in [0.4, 0.5) is 0 Å². The number of halogens is 1. The van der Waals surface area contributed by atoms with E-state index in [0.29, 0.717) is 0 Å². The number of pyridine rings is 1. The predicted octanol–water partition coefficient (Wildman–Crippen LogP) is 3.44. The molecule has 8 heteroatoms. The average molecular weight is 527 g/mol. The minimum atomic E-state index is 0. The summed E-state index contributed by atoms with van der Waals surface area (Å²) in [5.74, 6) is 2.43. The SMILES string of the molecule is CN=C(NCc1ccnc(OCC2CC2)c1)N1CCN(Cc2cccs2)CC1.I. The van der Waals surface area contributed by atoms with E-state index in [1.54, 1.807) is 0 Å². The summed E-state index contributed by atoms with van der Waals surface area (Å²) in [4.78, 5) is 15.1. The molecule has 1 saturated heterocycles. The lowest BCUT2D eigenvalue weighted by Gasteiger charge is -2.36. The van der Waals surface area contributed by atoms with Gasteiger partial charge in [-0.25, -0.2) is 4.98 Å². The molecule has 1 N–H and O–H groups in total. The van der Waals surface area contributed by atoms with Crippen molar-refractivity contribution in [2.45, 2.75) is 25.9 Å². The molecule has 4 rings (SSSR count). The third-order valence-corrected chi connectivity index (χ3v) is 6.12. The number of aliphatic imine (C=N–C) groups is 1. The Morgan fingerprint density at radius 3 is 2.79 bits per heavy atom. The summed E-state index contributed by atoms with van der Waals surface area (Å²) < 4.78 is 5.79. The number of thiophene rings is 1. The van der Waals surface area contributed by atoms with Crippen LogP contribution < -0.4 is 10.1 Å². The summed E-state index contributed by atoms with van der Waals surface area (Å²) in [6, 6.07) is 8.41. The Kier molecular flexibility index (Phi) is 8.55. The number of hydrogen-bond donors (Lipinski definition) is 1. The average Bonchev–Trinajstić information content (AvgIpc) is 3.43. The lowest BCUT2D eigenvalue weighted by molar-refractivity contribution is 0.173. The summed E-state index contributed by atoms with van der Waals surface area (Å²) in [6.45, 7) is 6.69. The minimum Gasteiger partial charge on any atom is -0.477 e. The van der Waals surface area contributed by atoms with Crippen LogP contribution in [0.25, 0.3) is 0 Å². The Balaban J connectivity index is 0.00000240. The zero-order valence-corrected chi connectivity index (χ0v) is 20.1. The smallest absolute Gasteiger partial charge is 0.213 e. The maximum absolute atomic E-state index is 5.79. The Morgan fingerprint density at radius 1 is 1.28 bits per heavy atom. The molecule has 2 aromatic rings. The molecule has 2 fully saturated rings. The molecule has 158 valence electrons. The van der Waals surface area contributed by atoms with E-state index in [1.807, 2.05) is 36.7 Å². The number of aromatic nitrogens is 1. The van der Waals surface area contributed by atoms with Crippen LogP contribution in [0.1, 0.15) is 23.3 Å². The summed E-state index contributed by atoms with van der Waals surface area (Å²) in [5, 5.41) is 5.65. The molecule has 29 heavy (non-hydrogen) atoms. The lowest BCUT2D eigenvalue weighted by Crippen LogP contribution is -2.51. The van der Waals surface area contributed by atoms with Crippen LogP contribution in [0.3, 0.4) is 0 Å². The van der Waals surface area contributed by atoms with E-state index in [0.717, 1.165) is 63.6 Å². The highest BCUT2D eigenvalue weighted by atomic mass is 127. The van der Waals surface area contributed by atoms with E-state index in [1.165, 1.54) is 23.3 Å². The maximum atomic E-state index is 5.79. The summed E-state index contributed by atoms with van der Waals surface area (Å²) in [6.07, 6.45) is 4.40.